The highest BCUT2D eigenvalue weighted by Gasteiger charge is 2.31. The highest BCUT2D eigenvalue weighted by molar-refractivity contribution is 7.88. The highest BCUT2D eigenvalue weighted by atomic mass is 32.2. The minimum atomic E-state index is -3.66. The molecule has 10 heteroatoms. The first-order valence-corrected chi connectivity index (χ1v) is 11.2. The van der Waals surface area contributed by atoms with Crippen LogP contribution < -0.4 is 5.32 Å². The minimum Gasteiger partial charge on any atom is -0.369 e. The van der Waals surface area contributed by atoms with Crippen molar-refractivity contribution in [3.05, 3.63) is 83.7 Å². The maximum Gasteiger partial charge on any atom is 0.218 e. The lowest BCUT2D eigenvalue weighted by Gasteiger charge is -2.32. The number of hydrogen-bond donors (Lipinski definition) is 1. The Bertz CT molecular complexity index is 1160. The first-order chi connectivity index (χ1) is 14.9. The number of hydrogen-bond acceptors (Lipinski definition) is 6. The quantitative estimate of drug-likeness (QED) is 0.625. The van der Waals surface area contributed by atoms with Crippen molar-refractivity contribution in [3.63, 3.8) is 0 Å². The summed E-state index contributed by atoms with van der Waals surface area (Å²) in [5, 5.41) is 2.98. The van der Waals surface area contributed by atoms with Crippen LogP contribution in [0.1, 0.15) is 17.4 Å². The van der Waals surface area contributed by atoms with Crippen LogP contribution in [0.25, 0.3) is 0 Å². The molecular weight excluding hydrogens is 426 g/mol. The largest absolute Gasteiger partial charge is 0.369 e. The molecule has 0 amide bonds. The van der Waals surface area contributed by atoms with E-state index in [9.17, 15) is 17.2 Å². The van der Waals surface area contributed by atoms with E-state index in [0.717, 1.165) is 6.20 Å². The molecule has 1 fully saturated rings. The Kier molecular flexibility index (Phi) is 6.21. The first-order valence-electron chi connectivity index (χ1n) is 9.58. The topological polar surface area (TPSA) is 84.4 Å². The maximum absolute atomic E-state index is 13.4. The van der Waals surface area contributed by atoms with E-state index >= 15 is 0 Å². The van der Waals surface area contributed by atoms with Gasteiger partial charge in [0, 0.05) is 13.1 Å². The summed E-state index contributed by atoms with van der Waals surface area (Å²) in [6.07, 6.45) is 0.538. The normalized spacial score (nSPS) is 17.4. The number of aromatic nitrogens is 2. The average molecular weight is 446 g/mol. The third-order valence-corrected chi connectivity index (χ3v) is 6.56. The van der Waals surface area contributed by atoms with Crippen molar-refractivity contribution in [1.82, 2.24) is 14.3 Å². The van der Waals surface area contributed by atoms with E-state index in [1.165, 1.54) is 34.6 Å². The standard InChI is InChI=1S/C21H20F2N4O3S/c22-16-4-1-3-15(11-16)14-31(28,29)27-9-10-30-19(13-27)18-5-2-6-21(25-18)26-20-8-7-17(23)12-24-20/h1-8,11-12,19H,9-10,13-14H2,(H,24,25,26). The SMILES string of the molecule is O=S(=O)(Cc1cccc(F)c1)N1CCOC(c2cccc(Nc3ccc(F)cn3)n2)C1. The summed E-state index contributed by atoms with van der Waals surface area (Å²) in [6.45, 7) is 0.528. The van der Waals surface area contributed by atoms with Gasteiger partial charge in [-0.1, -0.05) is 18.2 Å². The van der Waals surface area contributed by atoms with Crippen molar-refractivity contribution < 1.29 is 21.9 Å². The average Bonchev–Trinajstić information content (AvgIpc) is 2.75. The third-order valence-electron chi connectivity index (χ3n) is 4.74. The summed E-state index contributed by atoms with van der Waals surface area (Å²) >= 11 is 0. The monoisotopic (exact) mass is 446 g/mol. The zero-order chi connectivity index (χ0) is 21.8. The molecule has 7 nitrogen and oxygen atoms in total. The summed E-state index contributed by atoms with van der Waals surface area (Å²) in [5.41, 5.74) is 0.942. The van der Waals surface area contributed by atoms with Crippen LogP contribution in [0.3, 0.4) is 0 Å². The molecule has 4 rings (SSSR count). The van der Waals surface area contributed by atoms with Crippen molar-refractivity contribution in [3.8, 4) is 0 Å². The Labute approximate surface area is 178 Å². The van der Waals surface area contributed by atoms with Crippen LogP contribution in [0.4, 0.5) is 20.4 Å². The predicted octanol–water partition coefficient (Wildman–Crippen LogP) is 3.40. The molecule has 1 saturated heterocycles. The van der Waals surface area contributed by atoms with Crippen LogP contribution in [-0.4, -0.2) is 42.4 Å². The number of halogens is 2. The summed E-state index contributed by atoms with van der Waals surface area (Å²) in [4.78, 5) is 8.42. The molecule has 1 aliphatic rings. The number of rotatable bonds is 6. The second-order valence-corrected chi connectivity index (χ2v) is 9.01. The van der Waals surface area contributed by atoms with Gasteiger partial charge in [-0.15, -0.1) is 0 Å². The summed E-state index contributed by atoms with van der Waals surface area (Å²) in [7, 11) is -3.66. The molecule has 31 heavy (non-hydrogen) atoms. The molecule has 0 spiro atoms. The fraction of sp³-hybridized carbons (Fsp3) is 0.238. The minimum absolute atomic E-state index is 0.100. The van der Waals surface area contributed by atoms with E-state index in [4.69, 9.17) is 4.74 Å². The van der Waals surface area contributed by atoms with Crippen molar-refractivity contribution in [1.29, 1.82) is 0 Å². The van der Waals surface area contributed by atoms with Crippen LogP contribution in [0.5, 0.6) is 0 Å². The van der Waals surface area contributed by atoms with Crippen LogP contribution in [-0.2, 0) is 20.5 Å². The highest BCUT2D eigenvalue weighted by Crippen LogP contribution is 2.25. The van der Waals surface area contributed by atoms with Crippen LogP contribution in [0.2, 0.25) is 0 Å². The molecule has 2 aromatic heterocycles. The summed E-state index contributed by atoms with van der Waals surface area (Å²) in [6, 6.07) is 13.6. The zero-order valence-corrected chi connectivity index (χ0v) is 17.2. The number of nitrogens with zero attached hydrogens (tertiary/aromatic N) is 3. The molecule has 162 valence electrons. The molecule has 1 aromatic carbocycles. The van der Waals surface area contributed by atoms with Gasteiger partial charge in [0.15, 0.2) is 0 Å². The Hall–Kier alpha value is -2.95. The van der Waals surface area contributed by atoms with Gasteiger partial charge < -0.3 is 10.1 Å². The molecule has 0 bridgehead atoms. The van der Waals surface area contributed by atoms with E-state index in [1.54, 1.807) is 24.3 Å². The lowest BCUT2D eigenvalue weighted by atomic mass is 10.2. The van der Waals surface area contributed by atoms with E-state index in [0.29, 0.717) is 22.9 Å². The van der Waals surface area contributed by atoms with Crippen molar-refractivity contribution >= 4 is 21.7 Å². The number of anilines is 2. The Morgan fingerprint density at radius 2 is 1.90 bits per heavy atom. The van der Waals surface area contributed by atoms with E-state index in [-0.39, 0.29) is 25.4 Å². The molecule has 0 radical (unpaired) electrons. The van der Waals surface area contributed by atoms with Gasteiger partial charge in [-0.2, -0.15) is 4.31 Å². The molecule has 3 aromatic rings. The van der Waals surface area contributed by atoms with Crippen molar-refractivity contribution in [2.75, 3.05) is 25.0 Å². The summed E-state index contributed by atoms with van der Waals surface area (Å²) < 4.78 is 59.3. The second kappa shape index (κ2) is 9.04. The Morgan fingerprint density at radius 1 is 1.06 bits per heavy atom. The van der Waals surface area contributed by atoms with Gasteiger partial charge in [0.05, 0.1) is 24.3 Å². The smallest absolute Gasteiger partial charge is 0.218 e. The zero-order valence-electron chi connectivity index (χ0n) is 16.4. The third kappa shape index (κ3) is 5.40. The fourth-order valence-corrected chi connectivity index (χ4v) is 4.77. The van der Waals surface area contributed by atoms with Gasteiger partial charge in [0.2, 0.25) is 10.0 Å². The number of nitrogens with one attached hydrogen (secondary N) is 1. The van der Waals surface area contributed by atoms with Crippen LogP contribution >= 0.6 is 0 Å². The molecule has 3 heterocycles. The van der Waals surface area contributed by atoms with E-state index in [2.05, 4.69) is 15.3 Å². The number of sulfonamides is 1. The Morgan fingerprint density at radius 3 is 2.68 bits per heavy atom. The Balaban J connectivity index is 1.47. The first kappa shape index (κ1) is 21.3. The van der Waals surface area contributed by atoms with Gasteiger partial charge in [-0.3, -0.25) is 0 Å². The lowest BCUT2D eigenvalue weighted by molar-refractivity contribution is -0.00490. The molecule has 1 N–H and O–H groups in total. The molecule has 1 unspecified atom stereocenters. The number of morpholine rings is 1. The van der Waals surface area contributed by atoms with E-state index < -0.39 is 27.8 Å². The van der Waals surface area contributed by atoms with E-state index in [1.807, 2.05) is 0 Å². The second-order valence-electron chi connectivity index (χ2n) is 7.04. The maximum atomic E-state index is 13.4. The fourth-order valence-electron chi connectivity index (χ4n) is 3.27. The van der Waals surface area contributed by atoms with Crippen LogP contribution in [0, 0.1) is 11.6 Å². The molecule has 1 aliphatic heterocycles. The van der Waals surface area contributed by atoms with Gasteiger partial charge in [0.25, 0.3) is 0 Å². The molecular formula is C21H20F2N4O3S. The van der Waals surface area contributed by atoms with Gasteiger partial charge in [-0.05, 0) is 42.0 Å². The summed E-state index contributed by atoms with van der Waals surface area (Å²) in [5.74, 6) is -0.308. The predicted molar refractivity (Wildman–Crippen MR) is 111 cm³/mol. The van der Waals surface area contributed by atoms with Gasteiger partial charge in [-0.25, -0.2) is 27.2 Å². The number of benzene rings is 1. The molecule has 1 atom stereocenters. The molecule has 0 aliphatic carbocycles. The lowest BCUT2D eigenvalue weighted by Crippen LogP contribution is -2.42. The van der Waals surface area contributed by atoms with Crippen LogP contribution in [0.15, 0.2) is 60.8 Å². The molecule has 0 saturated carbocycles. The number of ether oxygens (including phenoxy) is 1. The van der Waals surface area contributed by atoms with Gasteiger partial charge >= 0.3 is 0 Å². The van der Waals surface area contributed by atoms with Gasteiger partial charge in [0.1, 0.15) is 29.4 Å². The van der Waals surface area contributed by atoms with Crippen molar-refractivity contribution in [2.45, 2.75) is 11.9 Å². The number of pyridine rings is 2. The van der Waals surface area contributed by atoms with Crippen molar-refractivity contribution in [2.24, 2.45) is 0 Å².